The maximum Gasteiger partial charge on any atom is 0.262 e. The molecule has 0 bridgehead atoms. The number of methoxy groups -OCH3 is 1. The Kier molecular flexibility index (Phi) is 5.57. The molecule has 1 atom stereocenters. The number of ether oxygens (including phenoxy) is 1. The standard InChI is InChI=1S/C17H19N3O3/c1-12(19-14-7-9-15(23-2)10-8-14)17(22)20-18-11-13-5-3-4-6-16(13)21/h3-12,19,21H,1-2H3,(H,20,22)/t12-/m1/s1. The van der Waals surface area contributed by atoms with Crippen molar-refractivity contribution in [1.82, 2.24) is 5.43 Å². The average Bonchev–Trinajstić information content (AvgIpc) is 2.57. The van der Waals surface area contributed by atoms with Gasteiger partial charge in [-0.15, -0.1) is 0 Å². The van der Waals surface area contributed by atoms with Crippen molar-refractivity contribution in [2.24, 2.45) is 5.10 Å². The number of phenols is 1. The van der Waals surface area contributed by atoms with Gasteiger partial charge < -0.3 is 15.2 Å². The van der Waals surface area contributed by atoms with Gasteiger partial charge in [0.15, 0.2) is 0 Å². The van der Waals surface area contributed by atoms with Crippen LogP contribution in [0.2, 0.25) is 0 Å². The van der Waals surface area contributed by atoms with Crippen LogP contribution >= 0.6 is 0 Å². The summed E-state index contributed by atoms with van der Waals surface area (Å²) in [4.78, 5) is 12.0. The average molecular weight is 313 g/mol. The molecule has 120 valence electrons. The highest BCUT2D eigenvalue weighted by Gasteiger charge is 2.11. The van der Waals surface area contributed by atoms with Crippen LogP contribution in [0.3, 0.4) is 0 Å². The van der Waals surface area contributed by atoms with Gasteiger partial charge in [-0.1, -0.05) is 12.1 Å². The highest BCUT2D eigenvalue weighted by atomic mass is 16.5. The maximum atomic E-state index is 12.0. The summed E-state index contributed by atoms with van der Waals surface area (Å²) in [5, 5.41) is 16.5. The highest BCUT2D eigenvalue weighted by molar-refractivity contribution is 5.87. The minimum atomic E-state index is -0.468. The molecular weight excluding hydrogens is 294 g/mol. The third kappa shape index (κ3) is 4.74. The number of carbonyl (C=O) groups is 1. The van der Waals surface area contributed by atoms with Crippen molar-refractivity contribution in [1.29, 1.82) is 0 Å². The minimum Gasteiger partial charge on any atom is -0.507 e. The number of anilines is 1. The number of para-hydroxylation sites is 1. The molecule has 2 aromatic carbocycles. The van der Waals surface area contributed by atoms with Gasteiger partial charge in [0.1, 0.15) is 17.5 Å². The Hall–Kier alpha value is -3.02. The van der Waals surface area contributed by atoms with E-state index in [1.807, 2.05) is 24.3 Å². The van der Waals surface area contributed by atoms with E-state index in [-0.39, 0.29) is 11.7 Å². The van der Waals surface area contributed by atoms with Gasteiger partial charge in [-0.05, 0) is 43.3 Å². The lowest BCUT2D eigenvalue weighted by atomic mass is 10.2. The van der Waals surface area contributed by atoms with Crippen LogP contribution in [0.1, 0.15) is 12.5 Å². The second-order valence-electron chi connectivity index (χ2n) is 4.89. The van der Waals surface area contributed by atoms with E-state index in [9.17, 15) is 9.90 Å². The first-order valence-corrected chi connectivity index (χ1v) is 7.11. The summed E-state index contributed by atoms with van der Waals surface area (Å²) in [5.41, 5.74) is 3.77. The normalized spacial score (nSPS) is 11.9. The molecule has 3 N–H and O–H groups in total. The zero-order valence-corrected chi connectivity index (χ0v) is 13.0. The van der Waals surface area contributed by atoms with Crippen molar-refractivity contribution in [3.63, 3.8) is 0 Å². The Balaban J connectivity index is 1.88. The zero-order chi connectivity index (χ0) is 16.7. The molecule has 6 heteroatoms. The van der Waals surface area contributed by atoms with E-state index in [0.717, 1.165) is 11.4 Å². The van der Waals surface area contributed by atoms with Crippen LogP contribution in [0.25, 0.3) is 0 Å². The number of hydrogen-bond acceptors (Lipinski definition) is 5. The van der Waals surface area contributed by atoms with Gasteiger partial charge in [0.25, 0.3) is 5.91 Å². The molecule has 2 rings (SSSR count). The quantitative estimate of drug-likeness (QED) is 0.565. The van der Waals surface area contributed by atoms with E-state index in [4.69, 9.17) is 4.74 Å². The lowest BCUT2D eigenvalue weighted by Gasteiger charge is -2.13. The Labute approximate surface area is 134 Å². The lowest BCUT2D eigenvalue weighted by Crippen LogP contribution is -2.34. The van der Waals surface area contributed by atoms with E-state index in [1.165, 1.54) is 6.21 Å². The molecule has 0 heterocycles. The topological polar surface area (TPSA) is 83.0 Å². The van der Waals surface area contributed by atoms with Gasteiger partial charge in [0, 0.05) is 11.3 Å². The van der Waals surface area contributed by atoms with Crippen LogP contribution in [-0.4, -0.2) is 30.4 Å². The predicted octanol–water partition coefficient (Wildman–Crippen LogP) is 2.35. The molecule has 23 heavy (non-hydrogen) atoms. The summed E-state index contributed by atoms with van der Waals surface area (Å²) in [6.45, 7) is 1.73. The molecule has 0 aromatic heterocycles. The summed E-state index contributed by atoms with van der Waals surface area (Å²) >= 11 is 0. The number of nitrogens with zero attached hydrogens (tertiary/aromatic N) is 1. The summed E-state index contributed by atoms with van der Waals surface area (Å²) in [6.07, 6.45) is 1.40. The third-order valence-corrected chi connectivity index (χ3v) is 3.18. The predicted molar refractivity (Wildman–Crippen MR) is 89.9 cm³/mol. The molecule has 0 radical (unpaired) electrons. The molecule has 0 aliphatic heterocycles. The van der Waals surface area contributed by atoms with E-state index < -0.39 is 6.04 Å². The van der Waals surface area contributed by atoms with Gasteiger partial charge in [0.2, 0.25) is 0 Å². The Morgan fingerprint density at radius 1 is 1.22 bits per heavy atom. The first-order chi connectivity index (χ1) is 11.1. The van der Waals surface area contributed by atoms with Crippen LogP contribution in [0, 0.1) is 0 Å². The number of carbonyl (C=O) groups excluding carboxylic acids is 1. The summed E-state index contributed by atoms with van der Waals surface area (Å²) in [6, 6.07) is 13.5. The first-order valence-electron chi connectivity index (χ1n) is 7.11. The Morgan fingerprint density at radius 2 is 1.91 bits per heavy atom. The van der Waals surface area contributed by atoms with Crippen molar-refractivity contribution in [2.45, 2.75) is 13.0 Å². The van der Waals surface area contributed by atoms with E-state index in [2.05, 4.69) is 15.8 Å². The number of nitrogens with one attached hydrogen (secondary N) is 2. The number of rotatable bonds is 6. The second kappa shape index (κ2) is 7.84. The van der Waals surface area contributed by atoms with Crippen LogP contribution in [0.5, 0.6) is 11.5 Å². The number of hydrogen-bond donors (Lipinski definition) is 3. The fourth-order valence-electron chi connectivity index (χ4n) is 1.86. The van der Waals surface area contributed by atoms with Crippen LogP contribution < -0.4 is 15.5 Å². The Morgan fingerprint density at radius 3 is 2.57 bits per heavy atom. The first kappa shape index (κ1) is 16.4. The number of amides is 1. The van der Waals surface area contributed by atoms with E-state index in [0.29, 0.717) is 5.56 Å². The molecule has 0 unspecified atom stereocenters. The SMILES string of the molecule is COc1ccc(N[C@H](C)C(=O)NN=Cc2ccccc2O)cc1. The number of aromatic hydroxyl groups is 1. The Bertz CT molecular complexity index is 684. The van der Waals surface area contributed by atoms with Crippen molar-refractivity contribution >= 4 is 17.8 Å². The highest BCUT2D eigenvalue weighted by Crippen LogP contribution is 2.16. The largest absolute Gasteiger partial charge is 0.507 e. The van der Waals surface area contributed by atoms with Gasteiger partial charge in [-0.25, -0.2) is 5.43 Å². The lowest BCUT2D eigenvalue weighted by molar-refractivity contribution is -0.121. The second-order valence-corrected chi connectivity index (χ2v) is 4.89. The molecule has 6 nitrogen and oxygen atoms in total. The van der Waals surface area contributed by atoms with Gasteiger partial charge in [-0.2, -0.15) is 5.10 Å². The van der Waals surface area contributed by atoms with Crippen molar-refractivity contribution in [3.05, 3.63) is 54.1 Å². The van der Waals surface area contributed by atoms with Gasteiger partial charge in [0.05, 0.1) is 13.3 Å². The minimum absolute atomic E-state index is 0.106. The number of benzene rings is 2. The summed E-state index contributed by atoms with van der Waals surface area (Å²) in [5.74, 6) is 0.572. The van der Waals surface area contributed by atoms with Crippen LogP contribution in [0.4, 0.5) is 5.69 Å². The van der Waals surface area contributed by atoms with Crippen molar-refractivity contribution < 1.29 is 14.6 Å². The number of hydrazone groups is 1. The van der Waals surface area contributed by atoms with Crippen molar-refractivity contribution in [3.8, 4) is 11.5 Å². The fraction of sp³-hybridized carbons (Fsp3) is 0.176. The molecule has 0 saturated heterocycles. The molecule has 0 fully saturated rings. The molecule has 0 saturated carbocycles. The third-order valence-electron chi connectivity index (χ3n) is 3.18. The zero-order valence-electron chi connectivity index (χ0n) is 13.0. The smallest absolute Gasteiger partial charge is 0.262 e. The number of phenolic OH excluding ortho intramolecular Hbond substituents is 1. The van der Waals surface area contributed by atoms with Gasteiger partial charge >= 0.3 is 0 Å². The van der Waals surface area contributed by atoms with Crippen LogP contribution in [-0.2, 0) is 4.79 Å². The molecule has 2 aromatic rings. The van der Waals surface area contributed by atoms with Crippen molar-refractivity contribution in [2.75, 3.05) is 12.4 Å². The van der Waals surface area contributed by atoms with Crippen LogP contribution in [0.15, 0.2) is 53.6 Å². The molecule has 0 aliphatic rings. The molecule has 1 amide bonds. The van der Waals surface area contributed by atoms with Gasteiger partial charge in [-0.3, -0.25) is 4.79 Å². The fourth-order valence-corrected chi connectivity index (χ4v) is 1.86. The summed E-state index contributed by atoms with van der Waals surface area (Å²) in [7, 11) is 1.60. The monoisotopic (exact) mass is 313 g/mol. The molecular formula is C17H19N3O3. The van der Waals surface area contributed by atoms with E-state index >= 15 is 0 Å². The molecule has 0 aliphatic carbocycles. The summed E-state index contributed by atoms with van der Waals surface area (Å²) < 4.78 is 5.08. The maximum absolute atomic E-state index is 12.0. The molecule has 0 spiro atoms. The van der Waals surface area contributed by atoms with E-state index in [1.54, 1.807) is 38.3 Å².